The van der Waals surface area contributed by atoms with Crippen molar-refractivity contribution in [1.82, 2.24) is 0 Å². The standard InChI is InChI=1S/C16H14F2O2/c1-2-5-11-6-3-4-7-15(11)20-16(19)13-9-8-12(17)10-14(13)18/h3-4,6-10H,2,5H2,1H3. The van der Waals surface area contributed by atoms with Crippen molar-refractivity contribution in [3.05, 3.63) is 65.2 Å². The monoisotopic (exact) mass is 276 g/mol. The van der Waals surface area contributed by atoms with Crippen molar-refractivity contribution in [1.29, 1.82) is 0 Å². The smallest absolute Gasteiger partial charge is 0.346 e. The number of hydrogen-bond donors (Lipinski definition) is 0. The van der Waals surface area contributed by atoms with Gasteiger partial charge in [0.05, 0.1) is 5.56 Å². The van der Waals surface area contributed by atoms with Gasteiger partial charge in [-0.05, 0) is 30.2 Å². The molecule has 0 amide bonds. The molecule has 2 nitrogen and oxygen atoms in total. The van der Waals surface area contributed by atoms with Crippen LogP contribution in [0.4, 0.5) is 8.78 Å². The number of carbonyl (C=O) groups excluding carboxylic acids is 1. The van der Waals surface area contributed by atoms with Gasteiger partial charge in [0.25, 0.3) is 0 Å². The first-order chi connectivity index (χ1) is 9.61. The van der Waals surface area contributed by atoms with Gasteiger partial charge in [-0.3, -0.25) is 0 Å². The van der Waals surface area contributed by atoms with Crippen LogP contribution in [-0.4, -0.2) is 5.97 Å². The van der Waals surface area contributed by atoms with Crippen LogP contribution in [0.2, 0.25) is 0 Å². The molecular formula is C16H14F2O2. The van der Waals surface area contributed by atoms with Crippen molar-refractivity contribution in [3.8, 4) is 5.75 Å². The van der Waals surface area contributed by atoms with Gasteiger partial charge in [-0.1, -0.05) is 31.5 Å². The van der Waals surface area contributed by atoms with E-state index < -0.39 is 17.6 Å². The number of aryl methyl sites for hydroxylation is 1. The van der Waals surface area contributed by atoms with E-state index in [1.54, 1.807) is 12.1 Å². The lowest BCUT2D eigenvalue weighted by molar-refractivity contribution is 0.0728. The molecule has 0 fully saturated rings. The van der Waals surface area contributed by atoms with Gasteiger partial charge in [0.2, 0.25) is 0 Å². The maximum absolute atomic E-state index is 13.5. The van der Waals surface area contributed by atoms with Crippen LogP contribution in [0.15, 0.2) is 42.5 Å². The average molecular weight is 276 g/mol. The van der Waals surface area contributed by atoms with Gasteiger partial charge >= 0.3 is 5.97 Å². The number of esters is 1. The third-order valence-corrected chi connectivity index (χ3v) is 2.85. The summed E-state index contributed by atoms with van der Waals surface area (Å²) >= 11 is 0. The molecule has 0 atom stereocenters. The number of rotatable bonds is 4. The Balaban J connectivity index is 2.23. The molecule has 0 aliphatic heterocycles. The van der Waals surface area contributed by atoms with Crippen molar-refractivity contribution in [2.24, 2.45) is 0 Å². The summed E-state index contributed by atoms with van der Waals surface area (Å²) in [4.78, 5) is 11.9. The molecule has 0 N–H and O–H groups in total. The molecular weight excluding hydrogens is 262 g/mol. The highest BCUT2D eigenvalue weighted by Crippen LogP contribution is 2.21. The number of ether oxygens (including phenoxy) is 1. The average Bonchev–Trinajstić information content (AvgIpc) is 2.41. The number of para-hydroxylation sites is 1. The number of carbonyl (C=O) groups is 1. The lowest BCUT2D eigenvalue weighted by Gasteiger charge is -2.09. The van der Waals surface area contributed by atoms with Crippen LogP contribution in [0.25, 0.3) is 0 Å². The summed E-state index contributed by atoms with van der Waals surface area (Å²) in [5.74, 6) is -2.08. The Labute approximate surface area is 116 Å². The molecule has 0 radical (unpaired) electrons. The van der Waals surface area contributed by atoms with E-state index in [-0.39, 0.29) is 5.56 Å². The quantitative estimate of drug-likeness (QED) is 0.619. The lowest BCUT2D eigenvalue weighted by Crippen LogP contribution is -2.12. The normalized spacial score (nSPS) is 10.3. The summed E-state index contributed by atoms with van der Waals surface area (Å²) in [6.07, 6.45) is 1.66. The summed E-state index contributed by atoms with van der Waals surface area (Å²) < 4.78 is 31.5. The zero-order valence-electron chi connectivity index (χ0n) is 11.0. The topological polar surface area (TPSA) is 26.3 Å². The predicted octanol–water partition coefficient (Wildman–Crippen LogP) is 4.14. The van der Waals surface area contributed by atoms with Crippen molar-refractivity contribution in [2.45, 2.75) is 19.8 Å². The van der Waals surface area contributed by atoms with E-state index in [9.17, 15) is 13.6 Å². The molecule has 0 saturated heterocycles. The predicted molar refractivity (Wildman–Crippen MR) is 71.8 cm³/mol. The van der Waals surface area contributed by atoms with E-state index in [4.69, 9.17) is 4.74 Å². The fraction of sp³-hybridized carbons (Fsp3) is 0.188. The van der Waals surface area contributed by atoms with Crippen molar-refractivity contribution in [3.63, 3.8) is 0 Å². The van der Waals surface area contributed by atoms with Gasteiger partial charge in [0, 0.05) is 6.07 Å². The van der Waals surface area contributed by atoms with Crippen LogP contribution in [0.1, 0.15) is 29.3 Å². The van der Waals surface area contributed by atoms with Crippen molar-refractivity contribution >= 4 is 5.97 Å². The lowest BCUT2D eigenvalue weighted by atomic mass is 10.1. The van der Waals surface area contributed by atoms with E-state index in [2.05, 4.69) is 0 Å². The van der Waals surface area contributed by atoms with Gasteiger partial charge < -0.3 is 4.74 Å². The summed E-state index contributed by atoms with van der Waals surface area (Å²) in [5.41, 5.74) is 0.601. The van der Waals surface area contributed by atoms with Crippen LogP contribution < -0.4 is 4.74 Å². The molecule has 0 aliphatic carbocycles. The minimum absolute atomic E-state index is 0.280. The Kier molecular flexibility index (Phi) is 4.45. The second-order valence-electron chi connectivity index (χ2n) is 4.37. The summed E-state index contributed by atoms with van der Waals surface area (Å²) in [6, 6.07) is 9.86. The van der Waals surface area contributed by atoms with E-state index in [0.717, 1.165) is 30.5 Å². The first kappa shape index (κ1) is 14.2. The summed E-state index contributed by atoms with van der Waals surface area (Å²) in [6.45, 7) is 2.01. The zero-order valence-corrected chi connectivity index (χ0v) is 11.0. The van der Waals surface area contributed by atoms with E-state index in [1.165, 1.54) is 0 Å². The number of hydrogen-bond acceptors (Lipinski definition) is 2. The number of benzene rings is 2. The van der Waals surface area contributed by atoms with E-state index in [0.29, 0.717) is 11.8 Å². The second-order valence-corrected chi connectivity index (χ2v) is 4.37. The molecule has 0 aromatic heterocycles. The highest BCUT2D eigenvalue weighted by Gasteiger charge is 2.16. The van der Waals surface area contributed by atoms with Crippen LogP contribution >= 0.6 is 0 Å². The van der Waals surface area contributed by atoms with Gasteiger partial charge in [-0.2, -0.15) is 0 Å². The van der Waals surface area contributed by atoms with Gasteiger partial charge in [-0.25, -0.2) is 13.6 Å². The first-order valence-electron chi connectivity index (χ1n) is 6.37. The summed E-state index contributed by atoms with van der Waals surface area (Å²) in [5, 5.41) is 0. The van der Waals surface area contributed by atoms with E-state index >= 15 is 0 Å². The van der Waals surface area contributed by atoms with E-state index in [1.807, 2.05) is 19.1 Å². The molecule has 0 saturated carbocycles. The van der Waals surface area contributed by atoms with Crippen LogP contribution in [0.3, 0.4) is 0 Å². The molecule has 0 aliphatic rings. The highest BCUT2D eigenvalue weighted by atomic mass is 19.1. The fourth-order valence-corrected chi connectivity index (χ4v) is 1.89. The molecule has 104 valence electrons. The Morgan fingerprint density at radius 2 is 1.90 bits per heavy atom. The maximum Gasteiger partial charge on any atom is 0.346 e. The van der Waals surface area contributed by atoms with Crippen LogP contribution in [-0.2, 0) is 6.42 Å². The Hall–Kier alpha value is -2.23. The second kappa shape index (κ2) is 6.28. The van der Waals surface area contributed by atoms with Crippen molar-refractivity contribution < 1.29 is 18.3 Å². The Morgan fingerprint density at radius 3 is 2.60 bits per heavy atom. The molecule has 0 heterocycles. The third-order valence-electron chi connectivity index (χ3n) is 2.85. The molecule has 2 aromatic carbocycles. The van der Waals surface area contributed by atoms with Crippen molar-refractivity contribution in [2.75, 3.05) is 0 Å². The number of halogens is 2. The minimum Gasteiger partial charge on any atom is -0.423 e. The zero-order chi connectivity index (χ0) is 14.5. The Bertz CT molecular complexity index is 624. The van der Waals surface area contributed by atoms with Crippen LogP contribution in [0.5, 0.6) is 5.75 Å². The minimum atomic E-state index is -0.928. The van der Waals surface area contributed by atoms with Gasteiger partial charge in [0.1, 0.15) is 17.4 Å². The van der Waals surface area contributed by atoms with Crippen LogP contribution in [0, 0.1) is 11.6 Å². The van der Waals surface area contributed by atoms with Gasteiger partial charge in [-0.15, -0.1) is 0 Å². The largest absolute Gasteiger partial charge is 0.423 e. The molecule has 2 aromatic rings. The fourth-order valence-electron chi connectivity index (χ4n) is 1.89. The SMILES string of the molecule is CCCc1ccccc1OC(=O)c1ccc(F)cc1F. The highest BCUT2D eigenvalue weighted by molar-refractivity contribution is 5.91. The van der Waals surface area contributed by atoms with Gasteiger partial charge in [0.15, 0.2) is 0 Å². The molecule has 4 heteroatoms. The first-order valence-corrected chi connectivity index (χ1v) is 6.37. The summed E-state index contributed by atoms with van der Waals surface area (Å²) in [7, 11) is 0. The Morgan fingerprint density at radius 1 is 1.15 bits per heavy atom. The molecule has 0 unspecified atom stereocenters. The molecule has 0 spiro atoms. The molecule has 2 rings (SSSR count). The maximum atomic E-state index is 13.5. The molecule has 20 heavy (non-hydrogen) atoms. The molecule has 0 bridgehead atoms. The third kappa shape index (κ3) is 3.20.